The molecule has 0 amide bonds. The van der Waals surface area contributed by atoms with E-state index in [0.717, 1.165) is 17.1 Å². The number of aryl methyl sites for hydroxylation is 1. The van der Waals surface area contributed by atoms with Crippen LogP contribution in [0.3, 0.4) is 0 Å². The monoisotopic (exact) mass is 178 g/mol. The quantitative estimate of drug-likeness (QED) is 0.518. The van der Waals surface area contributed by atoms with Gasteiger partial charge in [-0.2, -0.15) is 0 Å². The van der Waals surface area contributed by atoms with Gasteiger partial charge in [-0.25, -0.2) is 4.98 Å². The molecule has 0 saturated carbocycles. The van der Waals surface area contributed by atoms with Crippen LogP contribution in [-0.2, 0) is 0 Å². The average molecular weight is 178 g/mol. The van der Waals surface area contributed by atoms with Crippen molar-refractivity contribution in [1.29, 1.82) is 5.41 Å². The molecule has 1 rings (SSSR count). The lowest BCUT2D eigenvalue weighted by molar-refractivity contribution is 1.04. The fraction of sp³-hybridized carbons (Fsp3) is 0.333. The lowest BCUT2D eigenvalue weighted by atomic mass is 10.2. The molecule has 1 heterocycles. The van der Waals surface area contributed by atoms with Crippen molar-refractivity contribution in [3.63, 3.8) is 0 Å². The number of nitrogens with one attached hydrogen (secondary N) is 1. The first-order chi connectivity index (χ1) is 6.00. The minimum absolute atomic E-state index is 0.0774. The fourth-order valence-electron chi connectivity index (χ4n) is 1.04. The zero-order chi connectivity index (χ0) is 10.0. The summed E-state index contributed by atoms with van der Waals surface area (Å²) in [6, 6.07) is 3.60. The second-order valence-corrected chi connectivity index (χ2v) is 3.16. The first-order valence-corrected chi connectivity index (χ1v) is 4.01. The molecule has 0 radical (unpaired) electrons. The Morgan fingerprint density at radius 3 is 2.54 bits per heavy atom. The molecular weight excluding hydrogens is 164 g/mol. The van der Waals surface area contributed by atoms with Crippen LogP contribution in [0.4, 0.5) is 5.82 Å². The van der Waals surface area contributed by atoms with Crippen molar-refractivity contribution in [2.45, 2.75) is 6.92 Å². The summed E-state index contributed by atoms with van der Waals surface area (Å²) in [4.78, 5) is 6.18. The number of anilines is 1. The Balaban J connectivity index is 3.19. The number of amidine groups is 1. The number of rotatable bonds is 2. The van der Waals surface area contributed by atoms with Crippen molar-refractivity contribution in [2.75, 3.05) is 19.0 Å². The van der Waals surface area contributed by atoms with Crippen LogP contribution in [0.15, 0.2) is 12.1 Å². The van der Waals surface area contributed by atoms with Crippen molar-refractivity contribution in [3.05, 3.63) is 23.4 Å². The van der Waals surface area contributed by atoms with Gasteiger partial charge in [0.2, 0.25) is 0 Å². The van der Waals surface area contributed by atoms with Crippen LogP contribution in [0.25, 0.3) is 0 Å². The second kappa shape index (κ2) is 3.43. The van der Waals surface area contributed by atoms with Crippen molar-refractivity contribution in [1.82, 2.24) is 4.98 Å². The summed E-state index contributed by atoms with van der Waals surface area (Å²) < 4.78 is 0. The van der Waals surface area contributed by atoms with Crippen molar-refractivity contribution < 1.29 is 0 Å². The molecule has 0 aliphatic carbocycles. The number of nitrogen functional groups attached to an aromatic ring is 1. The summed E-state index contributed by atoms with van der Waals surface area (Å²) >= 11 is 0. The van der Waals surface area contributed by atoms with Crippen molar-refractivity contribution >= 4 is 11.7 Å². The van der Waals surface area contributed by atoms with Crippen LogP contribution in [0.5, 0.6) is 0 Å². The molecule has 0 fully saturated rings. The van der Waals surface area contributed by atoms with Crippen LogP contribution >= 0.6 is 0 Å². The largest absolute Gasteiger partial charge is 0.384 e. The Hall–Kier alpha value is -1.58. The standard InChI is InChI=1S/C9H14N4/c1-6-4-7(9(10)11)5-8(12-6)13(2)3/h4-5H,1-3H3,(H3,10,11). The van der Waals surface area contributed by atoms with E-state index >= 15 is 0 Å². The van der Waals surface area contributed by atoms with E-state index < -0.39 is 0 Å². The maximum absolute atomic E-state index is 7.30. The minimum atomic E-state index is 0.0774. The number of hydrogen-bond donors (Lipinski definition) is 2. The third-order valence-electron chi connectivity index (χ3n) is 1.71. The predicted molar refractivity (Wildman–Crippen MR) is 54.3 cm³/mol. The zero-order valence-electron chi connectivity index (χ0n) is 8.13. The number of hydrogen-bond acceptors (Lipinski definition) is 3. The van der Waals surface area contributed by atoms with Gasteiger partial charge in [0.05, 0.1) is 0 Å². The highest BCUT2D eigenvalue weighted by molar-refractivity contribution is 5.95. The normalized spacial score (nSPS) is 9.77. The molecule has 70 valence electrons. The van der Waals surface area contributed by atoms with Gasteiger partial charge in [0, 0.05) is 25.4 Å². The second-order valence-electron chi connectivity index (χ2n) is 3.16. The minimum Gasteiger partial charge on any atom is -0.384 e. The van der Waals surface area contributed by atoms with Gasteiger partial charge >= 0.3 is 0 Å². The number of nitrogens with zero attached hydrogens (tertiary/aromatic N) is 2. The molecule has 13 heavy (non-hydrogen) atoms. The molecule has 0 spiro atoms. The van der Waals surface area contributed by atoms with E-state index in [1.165, 1.54) is 0 Å². The summed E-state index contributed by atoms with van der Waals surface area (Å²) in [5, 5.41) is 7.30. The molecule has 0 bridgehead atoms. The van der Waals surface area contributed by atoms with Gasteiger partial charge < -0.3 is 10.6 Å². The molecule has 1 aromatic rings. The van der Waals surface area contributed by atoms with Gasteiger partial charge in [0.1, 0.15) is 11.7 Å². The van der Waals surface area contributed by atoms with Crippen LogP contribution in [-0.4, -0.2) is 24.9 Å². The van der Waals surface area contributed by atoms with Crippen molar-refractivity contribution in [2.24, 2.45) is 5.73 Å². The Bertz CT molecular complexity index is 330. The van der Waals surface area contributed by atoms with Gasteiger partial charge in [-0.1, -0.05) is 0 Å². The highest BCUT2D eigenvalue weighted by Gasteiger charge is 2.03. The SMILES string of the molecule is Cc1cc(C(=N)N)cc(N(C)C)n1. The number of nitrogens with two attached hydrogens (primary N) is 1. The van der Waals surface area contributed by atoms with E-state index in [0.29, 0.717) is 0 Å². The van der Waals surface area contributed by atoms with Crippen molar-refractivity contribution in [3.8, 4) is 0 Å². The molecule has 0 aliphatic heterocycles. The Kier molecular flexibility index (Phi) is 2.51. The highest BCUT2D eigenvalue weighted by Crippen LogP contribution is 2.11. The molecule has 0 aliphatic rings. The van der Waals surface area contributed by atoms with Crippen LogP contribution in [0, 0.1) is 12.3 Å². The molecule has 0 atom stereocenters. The van der Waals surface area contributed by atoms with Gasteiger partial charge in [-0.05, 0) is 19.1 Å². The molecule has 4 heteroatoms. The molecular formula is C9H14N4. The summed E-state index contributed by atoms with van der Waals surface area (Å²) in [5.41, 5.74) is 6.98. The lowest BCUT2D eigenvalue weighted by Gasteiger charge is -2.13. The van der Waals surface area contributed by atoms with E-state index in [4.69, 9.17) is 11.1 Å². The Labute approximate surface area is 77.9 Å². The molecule has 3 N–H and O–H groups in total. The van der Waals surface area contributed by atoms with E-state index in [9.17, 15) is 0 Å². The topological polar surface area (TPSA) is 66.0 Å². The third-order valence-corrected chi connectivity index (χ3v) is 1.71. The van der Waals surface area contributed by atoms with E-state index in [-0.39, 0.29) is 5.84 Å². The van der Waals surface area contributed by atoms with Crippen LogP contribution in [0.1, 0.15) is 11.3 Å². The summed E-state index contributed by atoms with van der Waals surface area (Å²) in [5.74, 6) is 0.902. The third kappa shape index (κ3) is 2.18. The van der Waals surface area contributed by atoms with Crippen LogP contribution < -0.4 is 10.6 Å². The molecule has 0 unspecified atom stereocenters. The Morgan fingerprint density at radius 1 is 1.46 bits per heavy atom. The number of pyridine rings is 1. The molecule has 0 saturated heterocycles. The molecule has 0 aromatic carbocycles. The van der Waals surface area contributed by atoms with Gasteiger partial charge in [0.15, 0.2) is 0 Å². The molecule has 1 aromatic heterocycles. The predicted octanol–water partition coefficient (Wildman–Crippen LogP) is 0.740. The maximum Gasteiger partial charge on any atom is 0.129 e. The van der Waals surface area contributed by atoms with Crippen LogP contribution in [0.2, 0.25) is 0 Å². The Morgan fingerprint density at radius 2 is 2.08 bits per heavy atom. The van der Waals surface area contributed by atoms with E-state index in [1.54, 1.807) is 12.1 Å². The lowest BCUT2D eigenvalue weighted by Crippen LogP contribution is -2.15. The van der Waals surface area contributed by atoms with E-state index in [1.807, 2.05) is 25.9 Å². The highest BCUT2D eigenvalue weighted by atomic mass is 15.1. The van der Waals surface area contributed by atoms with Gasteiger partial charge in [0.25, 0.3) is 0 Å². The summed E-state index contributed by atoms with van der Waals surface area (Å²) in [6.07, 6.45) is 0. The first-order valence-electron chi connectivity index (χ1n) is 4.01. The van der Waals surface area contributed by atoms with Gasteiger partial charge in [-0.15, -0.1) is 0 Å². The summed E-state index contributed by atoms with van der Waals surface area (Å²) in [7, 11) is 3.82. The smallest absolute Gasteiger partial charge is 0.129 e. The van der Waals surface area contributed by atoms with Gasteiger partial charge in [-0.3, -0.25) is 5.41 Å². The first kappa shape index (κ1) is 9.51. The summed E-state index contributed by atoms with van der Waals surface area (Å²) in [6.45, 7) is 1.89. The zero-order valence-corrected chi connectivity index (χ0v) is 8.13. The average Bonchev–Trinajstić information content (AvgIpc) is 2.03. The fourth-order valence-corrected chi connectivity index (χ4v) is 1.04. The van der Waals surface area contributed by atoms with E-state index in [2.05, 4.69) is 4.98 Å². The maximum atomic E-state index is 7.30. The molecule has 4 nitrogen and oxygen atoms in total. The number of aromatic nitrogens is 1.